The van der Waals surface area contributed by atoms with Gasteiger partial charge in [0, 0.05) is 36.5 Å². The van der Waals surface area contributed by atoms with E-state index in [0.717, 1.165) is 23.7 Å². The number of aliphatic hydroxyl groups excluding tert-OH is 1. The van der Waals surface area contributed by atoms with Gasteiger partial charge in [-0.05, 0) is 64.3 Å². The number of nitrogens with one attached hydrogen (secondary N) is 1. The van der Waals surface area contributed by atoms with Crippen molar-refractivity contribution < 1.29 is 32.9 Å². The van der Waals surface area contributed by atoms with Crippen LogP contribution in [0.4, 0.5) is 13.2 Å². The summed E-state index contributed by atoms with van der Waals surface area (Å²) in [6, 6.07) is 11.0. The maximum atomic E-state index is 12.8. The van der Waals surface area contributed by atoms with Crippen LogP contribution in [-0.2, 0) is 18.6 Å². The lowest BCUT2D eigenvalue weighted by Gasteiger charge is -2.20. The van der Waals surface area contributed by atoms with E-state index >= 15 is 0 Å². The first kappa shape index (κ1) is 30.5. The molecule has 0 bridgehead atoms. The molecular weight excluding hydrogens is 535 g/mol. The summed E-state index contributed by atoms with van der Waals surface area (Å²) in [6.45, 7) is 6.74. The molecule has 0 fully saturated rings. The Morgan fingerprint density at radius 3 is 2.36 bits per heavy atom. The predicted octanol–water partition coefficient (Wildman–Crippen LogP) is 5.50. The van der Waals surface area contributed by atoms with Crippen LogP contribution in [-0.4, -0.2) is 50.6 Å². The van der Waals surface area contributed by atoms with Crippen LogP contribution in [0.15, 0.2) is 48.7 Å². The highest BCUT2D eigenvalue weighted by molar-refractivity contribution is 6.32. The van der Waals surface area contributed by atoms with Gasteiger partial charge < -0.3 is 24.8 Å². The van der Waals surface area contributed by atoms with Crippen molar-refractivity contribution in [2.24, 2.45) is 0 Å². The standard InChI is InChI=1S/C28H33ClF3N3O4/c1-5-35-16-23(34-26(35)27(3,4)38)19-8-6-18(7-9-19)14-21(12-13-36)33-25(37)20-10-11-24(22(29)15-20)39-17(2)28(30,31)32/h6-11,15-17,21,36,38H,5,12-14H2,1-4H3,(H,33,37)/t17-,21?/m1/s1. The second-order valence-electron chi connectivity index (χ2n) is 9.83. The normalized spacial score (nSPS) is 13.7. The van der Waals surface area contributed by atoms with Crippen LogP contribution < -0.4 is 10.1 Å². The monoisotopic (exact) mass is 567 g/mol. The van der Waals surface area contributed by atoms with Gasteiger partial charge in [-0.2, -0.15) is 13.2 Å². The fourth-order valence-corrected chi connectivity index (χ4v) is 4.25. The number of ether oxygens (including phenoxy) is 1. The van der Waals surface area contributed by atoms with Gasteiger partial charge in [0.15, 0.2) is 6.10 Å². The van der Waals surface area contributed by atoms with E-state index in [1.165, 1.54) is 18.2 Å². The molecule has 1 aromatic heterocycles. The third-order valence-corrected chi connectivity index (χ3v) is 6.46. The summed E-state index contributed by atoms with van der Waals surface area (Å²) < 4.78 is 45.1. The van der Waals surface area contributed by atoms with Crippen LogP contribution in [0.25, 0.3) is 11.3 Å². The number of carbonyl (C=O) groups is 1. The Morgan fingerprint density at radius 1 is 1.18 bits per heavy atom. The summed E-state index contributed by atoms with van der Waals surface area (Å²) in [6.07, 6.45) is -3.99. The smallest absolute Gasteiger partial charge is 0.425 e. The second-order valence-corrected chi connectivity index (χ2v) is 10.2. The van der Waals surface area contributed by atoms with Crippen LogP contribution in [0.3, 0.4) is 0 Å². The largest absolute Gasteiger partial charge is 0.480 e. The van der Waals surface area contributed by atoms with E-state index in [1.807, 2.05) is 42.0 Å². The van der Waals surface area contributed by atoms with E-state index in [1.54, 1.807) is 13.8 Å². The molecule has 11 heteroatoms. The highest BCUT2D eigenvalue weighted by Gasteiger charge is 2.38. The topological polar surface area (TPSA) is 96.6 Å². The number of aryl methyl sites for hydroxylation is 1. The Bertz CT molecular complexity index is 1270. The maximum Gasteiger partial charge on any atom is 0.425 e. The summed E-state index contributed by atoms with van der Waals surface area (Å²) in [7, 11) is 0. The number of amides is 1. The molecule has 212 valence electrons. The first-order valence-corrected chi connectivity index (χ1v) is 12.9. The average Bonchev–Trinajstić information content (AvgIpc) is 3.30. The van der Waals surface area contributed by atoms with E-state index in [4.69, 9.17) is 16.3 Å². The number of aromatic nitrogens is 2. The van der Waals surface area contributed by atoms with Gasteiger partial charge in [-0.1, -0.05) is 35.9 Å². The summed E-state index contributed by atoms with van der Waals surface area (Å²) >= 11 is 6.07. The third-order valence-electron chi connectivity index (χ3n) is 6.17. The van der Waals surface area contributed by atoms with Crippen LogP contribution in [0.5, 0.6) is 5.75 Å². The van der Waals surface area contributed by atoms with Crippen molar-refractivity contribution in [3.8, 4) is 17.0 Å². The van der Waals surface area contributed by atoms with Crippen LogP contribution in [0, 0.1) is 0 Å². The zero-order valence-corrected chi connectivity index (χ0v) is 23.0. The SMILES string of the molecule is CCn1cc(-c2ccc(CC(CCO)NC(=O)c3ccc(O[C@H](C)C(F)(F)F)c(Cl)c3)cc2)nc1C(C)(C)O. The first-order chi connectivity index (χ1) is 18.2. The number of hydrogen-bond acceptors (Lipinski definition) is 5. The number of nitrogens with zero attached hydrogens (tertiary/aromatic N) is 2. The Balaban J connectivity index is 1.69. The molecule has 2 atom stereocenters. The summed E-state index contributed by atoms with van der Waals surface area (Å²) in [5.41, 5.74) is 1.59. The molecule has 0 aliphatic rings. The van der Waals surface area contributed by atoms with Crippen molar-refractivity contribution in [1.29, 1.82) is 0 Å². The number of hydrogen-bond donors (Lipinski definition) is 3. The zero-order valence-electron chi connectivity index (χ0n) is 22.2. The van der Waals surface area contributed by atoms with Gasteiger partial charge in [-0.15, -0.1) is 0 Å². The number of imidazole rings is 1. The van der Waals surface area contributed by atoms with Gasteiger partial charge in [0.05, 0.1) is 10.7 Å². The molecule has 3 N–H and O–H groups in total. The maximum absolute atomic E-state index is 12.8. The van der Waals surface area contributed by atoms with Gasteiger partial charge in [-0.3, -0.25) is 4.79 Å². The van der Waals surface area contributed by atoms with Gasteiger partial charge >= 0.3 is 6.18 Å². The molecule has 0 aliphatic carbocycles. The number of carbonyl (C=O) groups excluding carboxylic acids is 1. The van der Waals surface area contributed by atoms with Crippen molar-refractivity contribution >= 4 is 17.5 Å². The lowest BCUT2D eigenvalue weighted by Crippen LogP contribution is -2.37. The quantitative estimate of drug-likeness (QED) is 0.284. The molecule has 7 nitrogen and oxygen atoms in total. The molecule has 1 heterocycles. The van der Waals surface area contributed by atoms with Gasteiger partial charge in [0.25, 0.3) is 5.91 Å². The summed E-state index contributed by atoms with van der Waals surface area (Å²) in [5.74, 6) is -0.0838. The van der Waals surface area contributed by atoms with Crippen LogP contribution >= 0.6 is 11.6 Å². The Kier molecular flexibility index (Phi) is 9.69. The van der Waals surface area contributed by atoms with Gasteiger partial charge in [0.1, 0.15) is 17.2 Å². The third kappa shape index (κ3) is 7.97. The summed E-state index contributed by atoms with van der Waals surface area (Å²) in [5, 5.41) is 22.7. The van der Waals surface area contributed by atoms with E-state index in [2.05, 4.69) is 10.3 Å². The molecule has 0 saturated carbocycles. The predicted molar refractivity (Wildman–Crippen MR) is 143 cm³/mol. The molecule has 0 saturated heterocycles. The molecule has 39 heavy (non-hydrogen) atoms. The number of halogens is 4. The van der Waals surface area contributed by atoms with Crippen molar-refractivity contribution in [2.75, 3.05) is 6.61 Å². The molecule has 1 unspecified atom stereocenters. The molecule has 3 aromatic rings. The Morgan fingerprint density at radius 2 is 1.85 bits per heavy atom. The van der Waals surface area contributed by atoms with Crippen molar-refractivity contribution in [3.63, 3.8) is 0 Å². The van der Waals surface area contributed by atoms with Gasteiger partial charge in [0.2, 0.25) is 0 Å². The number of alkyl halides is 3. The fourth-order valence-electron chi connectivity index (χ4n) is 4.03. The molecular formula is C28H33ClF3N3O4. The number of benzene rings is 2. The van der Waals surface area contributed by atoms with Crippen molar-refractivity contribution in [2.45, 2.75) is 71.0 Å². The average molecular weight is 568 g/mol. The molecule has 0 radical (unpaired) electrons. The van der Waals surface area contributed by atoms with Gasteiger partial charge in [-0.25, -0.2) is 4.98 Å². The lowest BCUT2D eigenvalue weighted by molar-refractivity contribution is -0.189. The molecule has 2 aromatic carbocycles. The van der Waals surface area contributed by atoms with Crippen LogP contribution in [0.2, 0.25) is 5.02 Å². The number of aliphatic hydroxyl groups is 2. The van der Waals surface area contributed by atoms with E-state index in [-0.39, 0.29) is 22.9 Å². The Hall–Kier alpha value is -3.08. The minimum absolute atomic E-state index is 0.119. The van der Waals surface area contributed by atoms with E-state index < -0.39 is 29.8 Å². The molecule has 3 rings (SSSR count). The second kappa shape index (κ2) is 12.4. The minimum atomic E-state index is -4.55. The number of rotatable bonds is 11. The molecule has 1 amide bonds. The van der Waals surface area contributed by atoms with Crippen molar-refractivity contribution in [1.82, 2.24) is 14.9 Å². The zero-order chi connectivity index (χ0) is 29.0. The fraction of sp³-hybridized carbons (Fsp3) is 0.429. The Labute approximate surface area is 230 Å². The van der Waals surface area contributed by atoms with E-state index in [9.17, 15) is 28.2 Å². The van der Waals surface area contributed by atoms with E-state index in [0.29, 0.717) is 25.2 Å². The molecule has 0 spiro atoms. The van der Waals surface area contributed by atoms with Crippen molar-refractivity contribution in [3.05, 3.63) is 70.6 Å². The van der Waals surface area contributed by atoms with Crippen LogP contribution in [0.1, 0.15) is 55.9 Å². The molecule has 0 aliphatic heterocycles. The minimum Gasteiger partial charge on any atom is -0.480 e. The highest BCUT2D eigenvalue weighted by atomic mass is 35.5. The highest BCUT2D eigenvalue weighted by Crippen LogP contribution is 2.31. The first-order valence-electron chi connectivity index (χ1n) is 12.6. The summed E-state index contributed by atoms with van der Waals surface area (Å²) in [4.78, 5) is 17.4. The lowest BCUT2D eigenvalue weighted by atomic mass is 10.0.